The van der Waals surface area contributed by atoms with Crippen molar-refractivity contribution in [3.05, 3.63) is 125 Å². The fraction of sp³-hybridized carbons (Fsp3) is 0.194. The summed E-state index contributed by atoms with van der Waals surface area (Å²) in [7, 11) is 2.90. The van der Waals surface area contributed by atoms with Crippen LogP contribution in [0, 0.1) is 0 Å². The van der Waals surface area contributed by atoms with Gasteiger partial charge in [-0.2, -0.15) is 0 Å². The molecule has 40 heavy (non-hydrogen) atoms. The van der Waals surface area contributed by atoms with Gasteiger partial charge in [-0.3, -0.25) is 9.36 Å². The Hall–Kier alpha value is -4.14. The number of nitrogens with zero attached hydrogens (tertiary/aromatic N) is 2. The molecule has 204 valence electrons. The first-order chi connectivity index (χ1) is 19.5. The van der Waals surface area contributed by atoms with Gasteiger partial charge in [-0.1, -0.05) is 90.5 Å². The molecule has 1 aliphatic rings. The van der Waals surface area contributed by atoms with Crippen molar-refractivity contribution in [2.75, 3.05) is 14.2 Å². The number of carbonyl (C=O) groups excluding carboxylic acids is 1. The van der Waals surface area contributed by atoms with Crippen LogP contribution in [-0.4, -0.2) is 24.8 Å². The lowest BCUT2D eigenvalue weighted by Crippen LogP contribution is -2.40. The summed E-state index contributed by atoms with van der Waals surface area (Å²) in [5, 5.41) is 0.598. The normalized spacial score (nSPS) is 14.9. The molecular weight excluding hydrogens is 548 g/mol. The molecule has 0 bridgehead atoms. The van der Waals surface area contributed by atoms with Crippen LogP contribution in [0.15, 0.2) is 93.9 Å². The largest absolute Gasteiger partial charge is 0.493 e. The molecule has 1 atom stereocenters. The monoisotopic (exact) mass is 574 g/mol. The number of para-hydroxylation sites is 1. The summed E-state index contributed by atoms with van der Waals surface area (Å²) in [6, 6.07) is 21.7. The van der Waals surface area contributed by atoms with Crippen LogP contribution < -0.4 is 24.4 Å². The van der Waals surface area contributed by atoms with Gasteiger partial charge in [0.15, 0.2) is 16.3 Å². The summed E-state index contributed by atoms with van der Waals surface area (Å²) >= 11 is 7.60. The first kappa shape index (κ1) is 27.4. The Morgan fingerprint density at radius 1 is 1.05 bits per heavy atom. The minimum Gasteiger partial charge on any atom is -0.493 e. The Morgan fingerprint density at radius 2 is 1.80 bits per heavy atom. The third-order valence-electron chi connectivity index (χ3n) is 6.61. The van der Waals surface area contributed by atoms with Gasteiger partial charge in [-0.25, -0.2) is 9.79 Å². The quantitative estimate of drug-likeness (QED) is 0.276. The molecule has 9 heteroatoms. The molecule has 1 aromatic heterocycles. The first-order valence-corrected chi connectivity index (χ1v) is 13.9. The molecule has 0 aliphatic carbocycles. The zero-order valence-corrected chi connectivity index (χ0v) is 23.8. The number of fused-ring (bicyclic) bond motifs is 1. The molecule has 0 fully saturated rings. The zero-order chi connectivity index (χ0) is 28.2. The van der Waals surface area contributed by atoms with Crippen LogP contribution in [0.25, 0.3) is 6.08 Å². The number of halogens is 1. The van der Waals surface area contributed by atoms with Gasteiger partial charge in [0.05, 0.1) is 36.1 Å². The molecule has 0 N–H and O–H groups in total. The number of allylic oxidation sites excluding steroid dienone is 1. The van der Waals surface area contributed by atoms with Crippen LogP contribution in [0.4, 0.5) is 0 Å². The molecular formula is C31H27ClN2O5S. The lowest BCUT2D eigenvalue weighted by molar-refractivity contribution is -0.136. The van der Waals surface area contributed by atoms with E-state index in [1.807, 2.05) is 67.6 Å². The molecule has 0 amide bonds. The van der Waals surface area contributed by atoms with E-state index < -0.39 is 12.0 Å². The smallest absolute Gasteiger partial charge is 0.338 e. The maximum absolute atomic E-state index is 14.0. The fourth-order valence-electron chi connectivity index (χ4n) is 4.68. The molecule has 2 heterocycles. The van der Waals surface area contributed by atoms with Gasteiger partial charge in [0, 0.05) is 16.1 Å². The molecule has 7 nitrogen and oxygen atoms in total. The SMILES string of the molecule is CCC1=C(C(=O)OC)[C@@H](c2ccccc2)n2c(s/c(=C/c3cccc(OC)c3OCc3ccccc3Cl)c2=O)=N1. The maximum Gasteiger partial charge on any atom is 0.338 e. The lowest BCUT2D eigenvalue weighted by atomic mass is 9.95. The number of hydrogen-bond acceptors (Lipinski definition) is 7. The number of rotatable bonds is 8. The highest BCUT2D eigenvalue weighted by Crippen LogP contribution is 2.34. The van der Waals surface area contributed by atoms with E-state index in [1.165, 1.54) is 18.4 Å². The minimum atomic E-state index is -0.664. The number of methoxy groups -OCH3 is 2. The van der Waals surface area contributed by atoms with E-state index >= 15 is 0 Å². The van der Waals surface area contributed by atoms with Crippen LogP contribution >= 0.6 is 22.9 Å². The van der Waals surface area contributed by atoms with Gasteiger partial charge >= 0.3 is 5.97 Å². The van der Waals surface area contributed by atoms with Crippen molar-refractivity contribution in [3.8, 4) is 11.5 Å². The molecule has 1 aliphatic heterocycles. The van der Waals surface area contributed by atoms with E-state index in [9.17, 15) is 9.59 Å². The highest BCUT2D eigenvalue weighted by Gasteiger charge is 2.33. The molecule has 5 rings (SSSR count). The molecule has 0 saturated carbocycles. The average molecular weight is 575 g/mol. The Morgan fingerprint density at radius 3 is 2.50 bits per heavy atom. The Kier molecular flexibility index (Phi) is 8.19. The topological polar surface area (TPSA) is 79.1 Å². The van der Waals surface area contributed by atoms with E-state index in [0.29, 0.717) is 49.1 Å². The van der Waals surface area contributed by atoms with Crippen LogP contribution in [0.5, 0.6) is 11.5 Å². The van der Waals surface area contributed by atoms with E-state index in [0.717, 1.165) is 11.1 Å². The van der Waals surface area contributed by atoms with Crippen LogP contribution in [0.2, 0.25) is 5.02 Å². The second kappa shape index (κ2) is 11.9. The summed E-state index contributed by atoms with van der Waals surface area (Å²) in [6.07, 6.45) is 2.28. The van der Waals surface area contributed by atoms with E-state index in [4.69, 9.17) is 30.8 Å². The summed E-state index contributed by atoms with van der Waals surface area (Å²) in [5.41, 5.74) is 2.97. The van der Waals surface area contributed by atoms with Crippen LogP contribution in [-0.2, 0) is 16.1 Å². The summed E-state index contributed by atoms with van der Waals surface area (Å²) in [6.45, 7) is 2.15. The van der Waals surface area contributed by atoms with E-state index in [1.54, 1.807) is 29.9 Å². The Labute approximate surface area is 240 Å². The predicted octanol–water partition coefficient (Wildman–Crippen LogP) is 5.04. The van der Waals surface area contributed by atoms with Gasteiger partial charge in [0.2, 0.25) is 0 Å². The first-order valence-electron chi connectivity index (χ1n) is 12.7. The van der Waals surface area contributed by atoms with Crippen LogP contribution in [0.1, 0.15) is 36.1 Å². The van der Waals surface area contributed by atoms with Crippen molar-refractivity contribution >= 4 is 35.0 Å². The van der Waals surface area contributed by atoms with Gasteiger partial charge in [-0.05, 0) is 30.2 Å². The van der Waals surface area contributed by atoms with Gasteiger partial charge in [-0.15, -0.1) is 0 Å². The molecule has 3 aromatic carbocycles. The molecule has 0 saturated heterocycles. The number of carbonyl (C=O) groups is 1. The van der Waals surface area contributed by atoms with Gasteiger partial charge < -0.3 is 14.2 Å². The van der Waals surface area contributed by atoms with E-state index in [-0.39, 0.29) is 12.2 Å². The predicted molar refractivity (Wildman–Crippen MR) is 156 cm³/mol. The lowest BCUT2D eigenvalue weighted by Gasteiger charge is -2.25. The second-order valence-electron chi connectivity index (χ2n) is 8.96. The van der Waals surface area contributed by atoms with Gasteiger partial charge in [0.25, 0.3) is 5.56 Å². The standard InChI is InChI=1S/C31H27ClN2O5S/c1-4-23-26(30(36)38-3)27(19-11-6-5-7-12-19)34-29(35)25(40-31(34)33-23)17-20-14-10-16-24(37-2)28(20)39-18-21-13-8-9-15-22(21)32/h5-17,27H,4,18H2,1-3H3/b25-17+/t27-/m1/s1. The highest BCUT2D eigenvalue weighted by atomic mass is 35.5. The number of benzene rings is 3. The number of esters is 1. The highest BCUT2D eigenvalue weighted by molar-refractivity contribution is 7.07. The van der Waals surface area contributed by atoms with E-state index in [2.05, 4.69) is 0 Å². The number of thiazole rings is 1. The van der Waals surface area contributed by atoms with Crippen LogP contribution in [0.3, 0.4) is 0 Å². The summed E-state index contributed by atoms with van der Waals surface area (Å²) < 4.78 is 18.9. The van der Waals surface area contributed by atoms with Crippen molar-refractivity contribution in [1.82, 2.24) is 4.57 Å². The zero-order valence-electron chi connectivity index (χ0n) is 22.2. The Bertz CT molecular complexity index is 1780. The third kappa shape index (κ3) is 5.20. The fourth-order valence-corrected chi connectivity index (χ4v) is 5.88. The number of hydrogen-bond donors (Lipinski definition) is 0. The van der Waals surface area contributed by atoms with Crippen molar-refractivity contribution in [1.29, 1.82) is 0 Å². The summed E-state index contributed by atoms with van der Waals surface area (Å²) in [4.78, 5) is 32.2. The summed E-state index contributed by atoms with van der Waals surface area (Å²) in [5.74, 6) is 0.503. The van der Waals surface area contributed by atoms with Gasteiger partial charge in [0.1, 0.15) is 6.61 Å². The average Bonchev–Trinajstić information content (AvgIpc) is 3.30. The number of aromatic nitrogens is 1. The van der Waals surface area contributed by atoms with Crippen molar-refractivity contribution in [3.63, 3.8) is 0 Å². The molecule has 0 unspecified atom stereocenters. The third-order valence-corrected chi connectivity index (χ3v) is 7.96. The molecule has 4 aromatic rings. The maximum atomic E-state index is 14.0. The van der Waals surface area contributed by atoms with Crippen molar-refractivity contribution in [2.45, 2.75) is 26.0 Å². The number of ether oxygens (including phenoxy) is 3. The van der Waals surface area contributed by atoms with Crippen molar-refractivity contribution < 1.29 is 19.0 Å². The van der Waals surface area contributed by atoms with Crippen molar-refractivity contribution in [2.24, 2.45) is 4.99 Å². The Balaban J connectivity index is 1.66. The molecule has 0 spiro atoms. The minimum absolute atomic E-state index is 0.221. The second-order valence-corrected chi connectivity index (χ2v) is 10.4. The molecule has 0 radical (unpaired) electrons.